The summed E-state index contributed by atoms with van der Waals surface area (Å²) in [6.45, 7) is 5.30. The molecule has 0 N–H and O–H groups in total. The summed E-state index contributed by atoms with van der Waals surface area (Å²) in [5.74, 6) is 2.67. The molecule has 0 fully saturated rings. The van der Waals surface area contributed by atoms with Crippen LogP contribution in [0.3, 0.4) is 0 Å². The SMILES string of the molecule is C#CCCCN(CC)Cc1ccncc1. The number of hydrogen-bond acceptors (Lipinski definition) is 2. The Balaban J connectivity index is 2.37. The van der Waals surface area contributed by atoms with Crippen molar-refractivity contribution in [2.24, 2.45) is 0 Å². The van der Waals surface area contributed by atoms with Crippen molar-refractivity contribution in [1.82, 2.24) is 9.88 Å². The van der Waals surface area contributed by atoms with Gasteiger partial charge in [-0.2, -0.15) is 0 Å². The van der Waals surface area contributed by atoms with E-state index in [1.54, 1.807) is 0 Å². The number of nitrogens with zero attached hydrogens (tertiary/aromatic N) is 2. The Morgan fingerprint density at radius 1 is 1.40 bits per heavy atom. The predicted octanol–water partition coefficient (Wildman–Crippen LogP) is 2.32. The van der Waals surface area contributed by atoms with Crippen LogP contribution < -0.4 is 0 Å². The summed E-state index contributed by atoms with van der Waals surface area (Å²) in [6.07, 6.45) is 10.9. The van der Waals surface area contributed by atoms with Crippen LogP contribution in [-0.2, 0) is 6.54 Å². The first-order valence-corrected chi connectivity index (χ1v) is 5.41. The van der Waals surface area contributed by atoms with Gasteiger partial charge in [0.05, 0.1) is 0 Å². The van der Waals surface area contributed by atoms with Crippen LogP contribution in [0, 0.1) is 12.3 Å². The fraction of sp³-hybridized carbons (Fsp3) is 0.462. The van der Waals surface area contributed by atoms with Crippen molar-refractivity contribution in [2.45, 2.75) is 26.3 Å². The maximum atomic E-state index is 5.23. The number of unbranched alkanes of at least 4 members (excludes halogenated alkanes) is 1. The lowest BCUT2D eigenvalue weighted by Gasteiger charge is -2.19. The van der Waals surface area contributed by atoms with E-state index in [2.05, 4.69) is 34.9 Å². The number of terminal acetylenes is 1. The van der Waals surface area contributed by atoms with E-state index in [1.165, 1.54) is 5.56 Å². The van der Waals surface area contributed by atoms with Crippen molar-refractivity contribution in [1.29, 1.82) is 0 Å². The maximum absolute atomic E-state index is 5.23. The number of aromatic nitrogens is 1. The van der Waals surface area contributed by atoms with Gasteiger partial charge >= 0.3 is 0 Å². The van der Waals surface area contributed by atoms with Crippen LogP contribution in [0.5, 0.6) is 0 Å². The lowest BCUT2D eigenvalue weighted by molar-refractivity contribution is 0.277. The minimum absolute atomic E-state index is 0.868. The lowest BCUT2D eigenvalue weighted by Crippen LogP contribution is -2.23. The molecule has 1 rings (SSSR count). The molecule has 0 aliphatic rings. The Kier molecular flexibility index (Phi) is 5.50. The molecule has 2 nitrogen and oxygen atoms in total. The molecule has 0 spiro atoms. The smallest absolute Gasteiger partial charge is 0.0271 e. The molecule has 1 aromatic heterocycles. The Hall–Kier alpha value is -1.33. The van der Waals surface area contributed by atoms with Crippen LogP contribution in [0.25, 0.3) is 0 Å². The first kappa shape index (κ1) is 11.7. The third-order valence-electron chi connectivity index (χ3n) is 2.40. The highest BCUT2D eigenvalue weighted by atomic mass is 15.1. The third-order valence-corrected chi connectivity index (χ3v) is 2.40. The molecule has 0 saturated heterocycles. The monoisotopic (exact) mass is 202 g/mol. The number of rotatable bonds is 6. The molecule has 0 amide bonds. The van der Waals surface area contributed by atoms with Crippen LogP contribution in [0.1, 0.15) is 25.3 Å². The van der Waals surface area contributed by atoms with Gasteiger partial charge in [0, 0.05) is 25.4 Å². The molecule has 2 heteroatoms. The molecular weight excluding hydrogens is 184 g/mol. The molecule has 0 saturated carbocycles. The average molecular weight is 202 g/mol. The fourth-order valence-electron chi connectivity index (χ4n) is 1.50. The molecule has 0 atom stereocenters. The van der Waals surface area contributed by atoms with Crippen molar-refractivity contribution >= 4 is 0 Å². The quantitative estimate of drug-likeness (QED) is 0.520. The molecule has 1 heterocycles. The molecular formula is C13H18N2. The summed E-state index contributed by atoms with van der Waals surface area (Å²) in [5, 5.41) is 0. The van der Waals surface area contributed by atoms with Crippen molar-refractivity contribution < 1.29 is 0 Å². The van der Waals surface area contributed by atoms with Crippen molar-refractivity contribution in [3.63, 3.8) is 0 Å². The summed E-state index contributed by atoms with van der Waals surface area (Å²) >= 11 is 0. The topological polar surface area (TPSA) is 16.1 Å². The van der Waals surface area contributed by atoms with Gasteiger partial charge in [0.2, 0.25) is 0 Å². The van der Waals surface area contributed by atoms with Gasteiger partial charge in [-0.1, -0.05) is 6.92 Å². The van der Waals surface area contributed by atoms with E-state index in [4.69, 9.17) is 6.42 Å². The minimum atomic E-state index is 0.868. The highest BCUT2D eigenvalue weighted by Crippen LogP contribution is 2.04. The largest absolute Gasteiger partial charge is 0.299 e. The third kappa shape index (κ3) is 4.62. The van der Waals surface area contributed by atoms with Gasteiger partial charge in [-0.05, 0) is 37.2 Å². The molecule has 0 aliphatic carbocycles. The zero-order valence-electron chi connectivity index (χ0n) is 9.32. The highest BCUT2D eigenvalue weighted by Gasteiger charge is 2.02. The first-order chi connectivity index (χ1) is 7.36. The second-order valence-electron chi connectivity index (χ2n) is 3.53. The minimum Gasteiger partial charge on any atom is -0.299 e. The lowest BCUT2D eigenvalue weighted by atomic mass is 10.2. The summed E-state index contributed by atoms with van der Waals surface area (Å²) in [5.41, 5.74) is 1.31. The first-order valence-electron chi connectivity index (χ1n) is 5.41. The molecule has 0 aliphatic heterocycles. The normalized spacial score (nSPS) is 10.2. The van der Waals surface area contributed by atoms with Gasteiger partial charge in [-0.15, -0.1) is 12.3 Å². The molecule has 80 valence electrons. The van der Waals surface area contributed by atoms with Crippen LogP contribution in [-0.4, -0.2) is 23.0 Å². The fourth-order valence-corrected chi connectivity index (χ4v) is 1.50. The van der Waals surface area contributed by atoms with Crippen molar-refractivity contribution in [3.8, 4) is 12.3 Å². The summed E-state index contributed by atoms with van der Waals surface area (Å²) < 4.78 is 0. The predicted molar refractivity (Wildman–Crippen MR) is 63.3 cm³/mol. The van der Waals surface area contributed by atoms with E-state index in [1.807, 2.05) is 12.4 Å². The summed E-state index contributed by atoms with van der Waals surface area (Å²) in [6, 6.07) is 4.12. The van der Waals surface area contributed by atoms with Crippen molar-refractivity contribution in [2.75, 3.05) is 13.1 Å². The van der Waals surface area contributed by atoms with Gasteiger partial charge in [0.25, 0.3) is 0 Å². The zero-order valence-corrected chi connectivity index (χ0v) is 9.32. The van der Waals surface area contributed by atoms with E-state index < -0.39 is 0 Å². The Morgan fingerprint density at radius 2 is 2.13 bits per heavy atom. The Morgan fingerprint density at radius 3 is 2.73 bits per heavy atom. The molecule has 1 aromatic rings. The van der Waals surface area contributed by atoms with Crippen LogP contribution in [0.15, 0.2) is 24.5 Å². The van der Waals surface area contributed by atoms with Gasteiger partial charge in [-0.25, -0.2) is 0 Å². The molecule has 0 aromatic carbocycles. The van der Waals surface area contributed by atoms with Gasteiger partial charge in [0.15, 0.2) is 0 Å². The second kappa shape index (κ2) is 7.03. The molecule has 0 bridgehead atoms. The van der Waals surface area contributed by atoms with Gasteiger partial charge in [0.1, 0.15) is 0 Å². The highest BCUT2D eigenvalue weighted by molar-refractivity contribution is 5.09. The zero-order chi connectivity index (χ0) is 10.9. The summed E-state index contributed by atoms with van der Waals surface area (Å²) in [7, 11) is 0. The summed E-state index contributed by atoms with van der Waals surface area (Å²) in [4.78, 5) is 6.40. The van der Waals surface area contributed by atoms with Gasteiger partial charge in [-0.3, -0.25) is 9.88 Å². The molecule has 0 radical (unpaired) electrons. The van der Waals surface area contributed by atoms with E-state index in [-0.39, 0.29) is 0 Å². The van der Waals surface area contributed by atoms with Crippen LogP contribution in [0.4, 0.5) is 0 Å². The Bertz CT molecular complexity index is 300. The van der Waals surface area contributed by atoms with E-state index in [0.717, 1.165) is 32.5 Å². The van der Waals surface area contributed by atoms with Crippen LogP contribution >= 0.6 is 0 Å². The molecule has 15 heavy (non-hydrogen) atoms. The average Bonchev–Trinajstić information content (AvgIpc) is 2.29. The van der Waals surface area contributed by atoms with Crippen molar-refractivity contribution in [3.05, 3.63) is 30.1 Å². The maximum Gasteiger partial charge on any atom is 0.0271 e. The molecule has 0 unspecified atom stereocenters. The number of hydrogen-bond donors (Lipinski definition) is 0. The second-order valence-corrected chi connectivity index (χ2v) is 3.53. The van der Waals surface area contributed by atoms with E-state index >= 15 is 0 Å². The van der Waals surface area contributed by atoms with Crippen LogP contribution in [0.2, 0.25) is 0 Å². The van der Waals surface area contributed by atoms with E-state index in [0.29, 0.717) is 0 Å². The Labute approximate surface area is 92.3 Å². The van der Waals surface area contributed by atoms with E-state index in [9.17, 15) is 0 Å². The van der Waals surface area contributed by atoms with Gasteiger partial charge < -0.3 is 0 Å². The standard InChI is InChI=1S/C13H18N2/c1-3-5-6-11-15(4-2)12-13-7-9-14-10-8-13/h1,7-10H,4-6,11-12H2,2H3. The number of pyridine rings is 1.